The molecule has 1 nitrogen and oxygen atoms in total. The van der Waals surface area contributed by atoms with Gasteiger partial charge in [0.1, 0.15) is 5.76 Å². The largest absolute Gasteiger partial charge is 0.464 e. The molecule has 1 heterocycles. The van der Waals surface area contributed by atoms with Crippen molar-refractivity contribution in [2.45, 2.75) is 6.92 Å². The van der Waals surface area contributed by atoms with Gasteiger partial charge in [0, 0.05) is 11.6 Å². The van der Waals surface area contributed by atoms with Crippen molar-refractivity contribution in [3.8, 4) is 11.3 Å². The molecule has 0 aliphatic heterocycles. The average Bonchev–Trinajstić information content (AvgIpc) is 2.58. The van der Waals surface area contributed by atoms with E-state index in [1.54, 1.807) is 6.26 Å². The van der Waals surface area contributed by atoms with Crippen LogP contribution in [-0.2, 0) is 0 Å². The minimum atomic E-state index is 0.870. The van der Waals surface area contributed by atoms with Gasteiger partial charge >= 0.3 is 0 Å². The molecule has 2 rings (SSSR count). The van der Waals surface area contributed by atoms with E-state index >= 15 is 0 Å². The third-order valence-corrected chi connectivity index (χ3v) is 1.80. The Bertz CT molecular complexity index is 343. The van der Waals surface area contributed by atoms with Crippen LogP contribution in [0.2, 0.25) is 0 Å². The normalized spacial score (nSPS) is 10.1. The highest BCUT2D eigenvalue weighted by Crippen LogP contribution is 2.19. The first kappa shape index (κ1) is 7.17. The van der Waals surface area contributed by atoms with Crippen LogP contribution in [0, 0.1) is 13.0 Å². The highest BCUT2D eigenvalue weighted by atomic mass is 16.3. The lowest BCUT2D eigenvalue weighted by molar-refractivity contribution is 0.582. The van der Waals surface area contributed by atoms with E-state index in [9.17, 15) is 0 Å². The van der Waals surface area contributed by atoms with Crippen molar-refractivity contribution < 1.29 is 4.42 Å². The monoisotopic (exact) mass is 157 g/mol. The lowest BCUT2D eigenvalue weighted by atomic mass is 10.1. The predicted molar refractivity (Wildman–Crippen MR) is 47.7 cm³/mol. The molecule has 1 radical (unpaired) electrons. The molecule has 1 aromatic heterocycles. The Morgan fingerprint density at radius 1 is 1.17 bits per heavy atom. The van der Waals surface area contributed by atoms with Crippen LogP contribution in [0.4, 0.5) is 0 Å². The highest BCUT2D eigenvalue weighted by Gasteiger charge is 1.97. The van der Waals surface area contributed by atoms with Gasteiger partial charge in [-0.25, -0.2) is 0 Å². The minimum absolute atomic E-state index is 0.870. The standard InChI is InChI=1S/C11H9O/c1-9-4-6-10(7-5-9)11-3-2-8-12-11/h3-8H,1H3. The van der Waals surface area contributed by atoms with Gasteiger partial charge in [0.05, 0.1) is 6.26 Å². The average molecular weight is 157 g/mol. The zero-order valence-corrected chi connectivity index (χ0v) is 6.87. The van der Waals surface area contributed by atoms with Crippen LogP contribution in [-0.4, -0.2) is 0 Å². The first-order valence-corrected chi connectivity index (χ1v) is 3.88. The Morgan fingerprint density at radius 3 is 2.50 bits per heavy atom. The lowest BCUT2D eigenvalue weighted by Crippen LogP contribution is -1.73. The van der Waals surface area contributed by atoms with Crippen LogP contribution < -0.4 is 0 Å². The maximum atomic E-state index is 5.20. The van der Waals surface area contributed by atoms with E-state index in [1.807, 2.05) is 18.2 Å². The molecule has 0 amide bonds. The zero-order valence-electron chi connectivity index (χ0n) is 6.87. The molecule has 0 spiro atoms. The molecule has 0 aliphatic carbocycles. The van der Waals surface area contributed by atoms with Crippen LogP contribution in [0.1, 0.15) is 5.56 Å². The van der Waals surface area contributed by atoms with E-state index in [0.29, 0.717) is 0 Å². The van der Waals surface area contributed by atoms with Crippen LogP contribution in [0.25, 0.3) is 11.3 Å². The first-order chi connectivity index (χ1) is 5.86. The molecule has 12 heavy (non-hydrogen) atoms. The maximum absolute atomic E-state index is 5.20. The molecule has 0 saturated carbocycles. The van der Waals surface area contributed by atoms with Crippen molar-refractivity contribution in [1.29, 1.82) is 0 Å². The molecule has 0 bridgehead atoms. The molecule has 0 N–H and O–H groups in total. The predicted octanol–water partition coefficient (Wildman–Crippen LogP) is 3.06. The van der Waals surface area contributed by atoms with E-state index in [2.05, 4.69) is 25.1 Å². The summed E-state index contributed by atoms with van der Waals surface area (Å²) in [5.41, 5.74) is 2.36. The Hall–Kier alpha value is -1.50. The van der Waals surface area contributed by atoms with Crippen LogP contribution >= 0.6 is 0 Å². The minimum Gasteiger partial charge on any atom is -0.464 e. The molecule has 0 atom stereocenters. The van der Waals surface area contributed by atoms with Gasteiger partial charge < -0.3 is 4.42 Å². The fourth-order valence-corrected chi connectivity index (χ4v) is 1.11. The zero-order chi connectivity index (χ0) is 8.39. The van der Waals surface area contributed by atoms with Gasteiger partial charge in [0.2, 0.25) is 0 Å². The molecule has 59 valence electrons. The number of hydrogen-bond donors (Lipinski definition) is 0. The number of aryl methyl sites for hydroxylation is 1. The van der Waals surface area contributed by atoms with Crippen LogP contribution in [0.15, 0.2) is 41.0 Å². The second-order valence-electron chi connectivity index (χ2n) is 2.78. The Kier molecular flexibility index (Phi) is 1.71. The topological polar surface area (TPSA) is 13.1 Å². The molecular weight excluding hydrogens is 148 g/mol. The molecule has 1 heteroatoms. The Labute approximate surface area is 71.6 Å². The summed E-state index contributed by atoms with van der Waals surface area (Å²) in [6.45, 7) is 2.07. The van der Waals surface area contributed by atoms with E-state index in [0.717, 1.165) is 11.3 Å². The van der Waals surface area contributed by atoms with Gasteiger partial charge in [0.15, 0.2) is 0 Å². The smallest absolute Gasteiger partial charge is 0.134 e. The van der Waals surface area contributed by atoms with Gasteiger partial charge in [0.25, 0.3) is 0 Å². The van der Waals surface area contributed by atoms with E-state index in [-0.39, 0.29) is 0 Å². The second-order valence-corrected chi connectivity index (χ2v) is 2.78. The summed E-state index contributed by atoms with van der Waals surface area (Å²) in [5.74, 6) is 0.870. The molecule has 0 saturated heterocycles. The van der Waals surface area contributed by atoms with Gasteiger partial charge in [-0.2, -0.15) is 0 Å². The van der Waals surface area contributed by atoms with Gasteiger partial charge in [-0.05, 0) is 13.0 Å². The van der Waals surface area contributed by atoms with Crippen molar-refractivity contribution >= 4 is 0 Å². The molecule has 2 aromatic rings. The van der Waals surface area contributed by atoms with Gasteiger partial charge in [-0.15, -0.1) is 0 Å². The van der Waals surface area contributed by atoms with Crippen molar-refractivity contribution in [3.63, 3.8) is 0 Å². The van der Waals surface area contributed by atoms with Crippen LogP contribution in [0.5, 0.6) is 0 Å². The van der Waals surface area contributed by atoms with Crippen molar-refractivity contribution in [3.05, 3.63) is 48.2 Å². The van der Waals surface area contributed by atoms with Crippen molar-refractivity contribution in [2.24, 2.45) is 0 Å². The summed E-state index contributed by atoms with van der Waals surface area (Å²) in [7, 11) is 0. The number of furan rings is 1. The summed E-state index contributed by atoms with van der Waals surface area (Å²) in [6.07, 6.45) is 1.56. The fourth-order valence-electron chi connectivity index (χ4n) is 1.11. The number of rotatable bonds is 1. The molecule has 0 unspecified atom stereocenters. The summed E-state index contributed by atoms with van der Waals surface area (Å²) < 4.78 is 5.20. The van der Waals surface area contributed by atoms with E-state index in [4.69, 9.17) is 4.42 Å². The first-order valence-electron chi connectivity index (χ1n) is 3.88. The Morgan fingerprint density at radius 2 is 1.92 bits per heavy atom. The van der Waals surface area contributed by atoms with E-state index < -0.39 is 0 Å². The van der Waals surface area contributed by atoms with Gasteiger partial charge in [-0.3, -0.25) is 0 Å². The lowest BCUT2D eigenvalue weighted by Gasteiger charge is -1.96. The number of hydrogen-bond acceptors (Lipinski definition) is 1. The summed E-state index contributed by atoms with van der Waals surface area (Å²) in [6, 6.07) is 12.9. The van der Waals surface area contributed by atoms with E-state index in [1.165, 1.54) is 5.56 Å². The quantitative estimate of drug-likeness (QED) is 0.620. The molecule has 0 fully saturated rings. The highest BCUT2D eigenvalue weighted by molar-refractivity contribution is 5.57. The van der Waals surface area contributed by atoms with Crippen LogP contribution in [0.3, 0.4) is 0 Å². The fraction of sp³-hybridized carbons (Fsp3) is 0.0909. The van der Waals surface area contributed by atoms with Crippen molar-refractivity contribution in [1.82, 2.24) is 0 Å². The third kappa shape index (κ3) is 1.26. The Balaban J connectivity index is 2.43. The second kappa shape index (κ2) is 2.86. The number of benzene rings is 1. The molecule has 0 aliphatic rings. The maximum Gasteiger partial charge on any atom is 0.134 e. The molecular formula is C11H9O. The summed E-state index contributed by atoms with van der Waals surface area (Å²) in [4.78, 5) is 0. The van der Waals surface area contributed by atoms with Crippen molar-refractivity contribution in [2.75, 3.05) is 0 Å². The summed E-state index contributed by atoms with van der Waals surface area (Å²) >= 11 is 0. The SMILES string of the molecule is Cc1ccc(-c2c[c]co2)cc1. The van der Waals surface area contributed by atoms with Gasteiger partial charge in [-0.1, -0.05) is 29.8 Å². The summed E-state index contributed by atoms with van der Waals surface area (Å²) in [5, 5.41) is 0. The third-order valence-electron chi connectivity index (χ3n) is 1.80. The molecule has 1 aromatic carbocycles.